The molecule has 1 heterocycles. The molecule has 3 rings (SSSR count). The van der Waals surface area contributed by atoms with Gasteiger partial charge in [-0.2, -0.15) is 0 Å². The predicted octanol–water partition coefficient (Wildman–Crippen LogP) is 2.59. The Bertz CT molecular complexity index is 777. The molecule has 26 heavy (non-hydrogen) atoms. The molecule has 0 fully saturated rings. The van der Waals surface area contributed by atoms with Crippen LogP contribution in [0.15, 0.2) is 42.5 Å². The Balaban J connectivity index is 1.58. The van der Waals surface area contributed by atoms with Gasteiger partial charge in [0.1, 0.15) is 6.61 Å². The van der Waals surface area contributed by atoms with Crippen LogP contribution < -0.4 is 24.3 Å². The van der Waals surface area contributed by atoms with Crippen molar-refractivity contribution < 1.29 is 23.7 Å². The second-order valence-electron chi connectivity index (χ2n) is 6.14. The zero-order chi connectivity index (χ0) is 18.5. The van der Waals surface area contributed by atoms with Gasteiger partial charge in [0.05, 0.1) is 26.7 Å². The molecule has 0 saturated carbocycles. The average Bonchev–Trinajstić information content (AvgIpc) is 2.67. The summed E-state index contributed by atoms with van der Waals surface area (Å²) in [6.45, 7) is 2.31. The molecule has 0 aromatic heterocycles. The van der Waals surface area contributed by atoms with Gasteiger partial charge in [0.15, 0.2) is 29.1 Å². The van der Waals surface area contributed by atoms with Crippen LogP contribution in [0.25, 0.3) is 0 Å². The van der Waals surface area contributed by atoms with E-state index in [9.17, 15) is 4.79 Å². The van der Waals surface area contributed by atoms with Crippen LogP contribution in [-0.2, 0) is 11.2 Å². The summed E-state index contributed by atoms with van der Waals surface area (Å²) < 4.78 is 22.1. The highest BCUT2D eigenvalue weighted by Crippen LogP contribution is 2.31. The van der Waals surface area contributed by atoms with Crippen LogP contribution in [0, 0.1) is 0 Å². The third-order valence-corrected chi connectivity index (χ3v) is 4.29. The van der Waals surface area contributed by atoms with Crippen LogP contribution >= 0.6 is 0 Å². The molecule has 2 aromatic rings. The fraction of sp³-hybridized carbons (Fsp3) is 0.350. The number of hydrogen-bond donors (Lipinski definition) is 1. The average molecular weight is 357 g/mol. The first-order valence-corrected chi connectivity index (χ1v) is 8.49. The van der Waals surface area contributed by atoms with Crippen LogP contribution in [0.3, 0.4) is 0 Å². The normalized spacial score (nSPS) is 16.5. The molecule has 0 saturated heterocycles. The Labute approximate surface area is 153 Å². The first-order valence-electron chi connectivity index (χ1n) is 8.49. The monoisotopic (exact) mass is 357 g/mol. The SMILES string of the molecule is COc1ccc(CC(=O)N[C@H](C)[C@@H]2COc3ccccc3O2)cc1OC. The van der Waals surface area contributed by atoms with Crippen LogP contribution in [-0.4, -0.2) is 38.9 Å². The number of fused-ring (bicyclic) bond motifs is 1. The van der Waals surface area contributed by atoms with Gasteiger partial charge in [0.25, 0.3) is 0 Å². The standard InChI is InChI=1S/C20H23NO5/c1-13(19-12-25-16-6-4-5-7-17(16)26-19)21-20(22)11-14-8-9-15(23-2)18(10-14)24-3/h4-10,13,19H,11-12H2,1-3H3,(H,21,22)/t13-,19+/m1/s1. The molecule has 0 unspecified atom stereocenters. The highest BCUT2D eigenvalue weighted by atomic mass is 16.6. The number of methoxy groups -OCH3 is 2. The van der Waals surface area contributed by atoms with Gasteiger partial charge in [-0.25, -0.2) is 0 Å². The van der Waals surface area contributed by atoms with Crippen molar-refractivity contribution in [2.75, 3.05) is 20.8 Å². The van der Waals surface area contributed by atoms with Crippen molar-refractivity contribution >= 4 is 5.91 Å². The Morgan fingerprint density at radius 1 is 1.15 bits per heavy atom. The molecule has 0 spiro atoms. The maximum absolute atomic E-state index is 12.4. The lowest BCUT2D eigenvalue weighted by atomic mass is 10.1. The van der Waals surface area contributed by atoms with Gasteiger partial charge in [-0.3, -0.25) is 4.79 Å². The third kappa shape index (κ3) is 4.02. The van der Waals surface area contributed by atoms with E-state index in [-0.39, 0.29) is 24.5 Å². The number of benzene rings is 2. The minimum atomic E-state index is -0.237. The Hall–Kier alpha value is -2.89. The van der Waals surface area contributed by atoms with Gasteiger partial charge >= 0.3 is 0 Å². The lowest BCUT2D eigenvalue weighted by Crippen LogP contribution is -2.48. The first kappa shape index (κ1) is 17.9. The zero-order valence-electron chi connectivity index (χ0n) is 15.2. The van der Waals surface area contributed by atoms with Gasteiger partial charge in [-0.15, -0.1) is 0 Å². The Morgan fingerprint density at radius 2 is 1.88 bits per heavy atom. The quantitative estimate of drug-likeness (QED) is 0.861. The van der Waals surface area contributed by atoms with Gasteiger partial charge in [-0.05, 0) is 36.8 Å². The highest BCUT2D eigenvalue weighted by Gasteiger charge is 2.27. The van der Waals surface area contributed by atoms with E-state index in [1.165, 1.54) is 0 Å². The lowest BCUT2D eigenvalue weighted by Gasteiger charge is -2.30. The molecule has 138 valence electrons. The molecule has 6 nitrogen and oxygen atoms in total. The first-order chi connectivity index (χ1) is 12.6. The summed E-state index contributed by atoms with van der Waals surface area (Å²) in [4.78, 5) is 12.4. The Kier molecular flexibility index (Phi) is 5.51. The van der Waals surface area contributed by atoms with Crippen molar-refractivity contribution in [2.45, 2.75) is 25.5 Å². The summed E-state index contributed by atoms with van der Waals surface area (Å²) in [6.07, 6.45) is 0.00810. The topological polar surface area (TPSA) is 66.0 Å². The molecule has 6 heteroatoms. The number of carbonyl (C=O) groups excluding carboxylic acids is 1. The van der Waals surface area contributed by atoms with Crippen LogP contribution in [0.5, 0.6) is 23.0 Å². The summed E-state index contributed by atoms with van der Waals surface area (Å²) in [5.74, 6) is 2.58. The molecule has 0 bridgehead atoms. The van der Waals surface area contributed by atoms with E-state index in [0.717, 1.165) is 11.3 Å². The summed E-state index contributed by atoms with van der Waals surface area (Å²) in [5, 5.41) is 2.98. The number of rotatable bonds is 6. The number of carbonyl (C=O) groups is 1. The van der Waals surface area contributed by atoms with Crippen LogP contribution in [0.2, 0.25) is 0 Å². The minimum absolute atomic E-state index is 0.0906. The Morgan fingerprint density at radius 3 is 2.62 bits per heavy atom. The molecular formula is C20H23NO5. The molecule has 2 aromatic carbocycles. The van der Waals surface area contributed by atoms with Crippen molar-refractivity contribution in [2.24, 2.45) is 0 Å². The molecular weight excluding hydrogens is 334 g/mol. The summed E-state index contributed by atoms with van der Waals surface area (Å²) in [6, 6.07) is 12.8. The van der Waals surface area contributed by atoms with Gasteiger partial charge in [0, 0.05) is 0 Å². The zero-order valence-corrected chi connectivity index (χ0v) is 15.2. The largest absolute Gasteiger partial charge is 0.493 e. The van der Waals surface area contributed by atoms with E-state index in [1.54, 1.807) is 26.4 Å². The minimum Gasteiger partial charge on any atom is -0.493 e. The van der Waals surface area contributed by atoms with Crippen molar-refractivity contribution in [1.29, 1.82) is 0 Å². The van der Waals surface area contributed by atoms with Crippen molar-refractivity contribution in [1.82, 2.24) is 5.32 Å². The van der Waals surface area contributed by atoms with Crippen LogP contribution in [0.1, 0.15) is 12.5 Å². The highest BCUT2D eigenvalue weighted by molar-refractivity contribution is 5.79. The van der Waals surface area contributed by atoms with E-state index < -0.39 is 0 Å². The van der Waals surface area contributed by atoms with Crippen LogP contribution in [0.4, 0.5) is 0 Å². The molecule has 2 atom stereocenters. The van der Waals surface area contributed by atoms with Gasteiger partial charge in [0.2, 0.25) is 5.91 Å². The number of ether oxygens (including phenoxy) is 4. The lowest BCUT2D eigenvalue weighted by molar-refractivity contribution is -0.121. The van der Waals surface area contributed by atoms with Crippen molar-refractivity contribution in [3.63, 3.8) is 0 Å². The molecule has 1 aliphatic heterocycles. The fourth-order valence-electron chi connectivity index (χ4n) is 2.86. The smallest absolute Gasteiger partial charge is 0.224 e. The maximum atomic E-state index is 12.4. The van der Waals surface area contributed by atoms with Crippen molar-refractivity contribution in [3.05, 3.63) is 48.0 Å². The predicted molar refractivity (Wildman–Crippen MR) is 97.2 cm³/mol. The van der Waals surface area contributed by atoms with E-state index in [1.807, 2.05) is 37.3 Å². The second-order valence-corrected chi connectivity index (χ2v) is 6.14. The molecule has 0 aliphatic carbocycles. The van der Waals surface area contributed by atoms with E-state index >= 15 is 0 Å². The summed E-state index contributed by atoms with van der Waals surface area (Å²) in [5.41, 5.74) is 0.846. The molecule has 0 radical (unpaired) electrons. The summed E-state index contributed by atoms with van der Waals surface area (Å²) >= 11 is 0. The number of para-hydroxylation sites is 2. The number of amides is 1. The van der Waals surface area contributed by atoms with Gasteiger partial charge in [-0.1, -0.05) is 18.2 Å². The van der Waals surface area contributed by atoms with Crippen molar-refractivity contribution in [3.8, 4) is 23.0 Å². The van der Waals surface area contributed by atoms with Gasteiger partial charge < -0.3 is 24.3 Å². The second kappa shape index (κ2) is 7.99. The summed E-state index contributed by atoms with van der Waals surface area (Å²) in [7, 11) is 3.15. The van der Waals surface area contributed by atoms with E-state index in [0.29, 0.717) is 23.9 Å². The molecule has 1 aliphatic rings. The van der Waals surface area contributed by atoms with E-state index in [4.69, 9.17) is 18.9 Å². The maximum Gasteiger partial charge on any atom is 0.224 e. The fourth-order valence-corrected chi connectivity index (χ4v) is 2.86. The molecule has 1 amide bonds. The number of nitrogens with one attached hydrogen (secondary N) is 1. The molecule has 1 N–H and O–H groups in total. The number of hydrogen-bond acceptors (Lipinski definition) is 5. The third-order valence-electron chi connectivity index (χ3n) is 4.29. The van der Waals surface area contributed by atoms with E-state index in [2.05, 4.69) is 5.32 Å².